The van der Waals surface area contributed by atoms with Gasteiger partial charge in [-0.15, -0.1) is 11.3 Å². The van der Waals surface area contributed by atoms with E-state index in [2.05, 4.69) is 55.3 Å². The van der Waals surface area contributed by atoms with Gasteiger partial charge in [-0.1, -0.05) is 50.2 Å². The van der Waals surface area contributed by atoms with Crippen molar-refractivity contribution in [1.29, 1.82) is 0 Å². The zero-order chi connectivity index (χ0) is 20.1. The minimum atomic E-state index is -0.151. The molecule has 1 heterocycles. The average Bonchev–Trinajstić information content (AvgIpc) is 3.13. The van der Waals surface area contributed by atoms with E-state index in [4.69, 9.17) is 4.74 Å². The zero-order valence-electron chi connectivity index (χ0n) is 16.8. The van der Waals surface area contributed by atoms with E-state index in [1.165, 1.54) is 5.56 Å². The Morgan fingerprint density at radius 2 is 1.96 bits per heavy atom. The molecule has 0 aliphatic carbocycles. The molecule has 0 bridgehead atoms. The molecule has 0 saturated heterocycles. The molecule has 0 spiro atoms. The second-order valence-electron chi connectivity index (χ2n) is 7.22. The number of amides is 1. The third-order valence-electron chi connectivity index (χ3n) is 4.54. The molecule has 28 heavy (non-hydrogen) atoms. The van der Waals surface area contributed by atoms with E-state index >= 15 is 0 Å². The highest BCUT2D eigenvalue weighted by Gasteiger charge is 2.11. The maximum Gasteiger partial charge on any atom is 0.258 e. The highest BCUT2D eigenvalue weighted by Crippen LogP contribution is 2.28. The number of carbonyl (C=O) groups is 1. The lowest BCUT2D eigenvalue weighted by atomic mass is 10.0. The summed E-state index contributed by atoms with van der Waals surface area (Å²) in [5.41, 5.74) is 5.41. The van der Waals surface area contributed by atoms with Crippen LogP contribution in [0.5, 0.6) is 5.75 Å². The Balaban J connectivity index is 1.56. The summed E-state index contributed by atoms with van der Waals surface area (Å²) in [7, 11) is 0. The van der Waals surface area contributed by atoms with Crippen LogP contribution in [-0.2, 0) is 11.3 Å². The van der Waals surface area contributed by atoms with Crippen LogP contribution in [-0.4, -0.2) is 17.5 Å². The lowest BCUT2D eigenvalue weighted by Gasteiger charge is -2.14. The summed E-state index contributed by atoms with van der Waals surface area (Å²) in [5.74, 6) is 0.968. The number of benzene rings is 2. The minimum absolute atomic E-state index is 0.00202. The Kier molecular flexibility index (Phi) is 6.47. The van der Waals surface area contributed by atoms with Gasteiger partial charge >= 0.3 is 0 Å². The maximum atomic E-state index is 12.2. The maximum absolute atomic E-state index is 12.2. The molecule has 1 aromatic heterocycles. The van der Waals surface area contributed by atoms with E-state index in [0.717, 1.165) is 33.1 Å². The number of rotatable bonds is 7. The summed E-state index contributed by atoms with van der Waals surface area (Å²) >= 11 is 1.59. The van der Waals surface area contributed by atoms with Gasteiger partial charge in [-0.2, -0.15) is 0 Å². The second kappa shape index (κ2) is 9.02. The second-order valence-corrected chi connectivity index (χ2v) is 8.08. The van der Waals surface area contributed by atoms with Crippen molar-refractivity contribution in [2.75, 3.05) is 6.61 Å². The first kappa shape index (κ1) is 20.1. The third kappa shape index (κ3) is 4.98. The summed E-state index contributed by atoms with van der Waals surface area (Å²) in [6.45, 7) is 8.72. The van der Waals surface area contributed by atoms with Gasteiger partial charge in [-0.05, 0) is 42.5 Å². The Morgan fingerprint density at radius 3 is 2.71 bits per heavy atom. The summed E-state index contributed by atoms with van der Waals surface area (Å²) in [4.78, 5) is 16.9. The molecule has 0 atom stereocenters. The largest absolute Gasteiger partial charge is 0.483 e. The van der Waals surface area contributed by atoms with Gasteiger partial charge in [0.05, 0.1) is 12.2 Å². The van der Waals surface area contributed by atoms with Crippen molar-refractivity contribution in [3.8, 4) is 16.3 Å². The Morgan fingerprint density at radius 1 is 1.18 bits per heavy atom. The number of hydrogen-bond acceptors (Lipinski definition) is 4. The molecule has 0 saturated carbocycles. The molecular weight excluding hydrogens is 368 g/mol. The van der Waals surface area contributed by atoms with Crippen molar-refractivity contribution in [1.82, 2.24) is 10.3 Å². The molecule has 0 unspecified atom stereocenters. The summed E-state index contributed by atoms with van der Waals surface area (Å²) in [6, 6.07) is 14.3. The van der Waals surface area contributed by atoms with E-state index in [-0.39, 0.29) is 12.5 Å². The van der Waals surface area contributed by atoms with E-state index < -0.39 is 0 Å². The van der Waals surface area contributed by atoms with Crippen LogP contribution >= 0.6 is 11.3 Å². The van der Waals surface area contributed by atoms with Crippen LogP contribution in [0.15, 0.2) is 47.8 Å². The fraction of sp³-hybridized carbons (Fsp3) is 0.304. The predicted octanol–water partition coefficient (Wildman–Crippen LogP) is 5.25. The smallest absolute Gasteiger partial charge is 0.258 e. The van der Waals surface area contributed by atoms with Crippen molar-refractivity contribution in [3.05, 3.63) is 70.2 Å². The van der Waals surface area contributed by atoms with Gasteiger partial charge in [-0.3, -0.25) is 4.79 Å². The SMILES string of the molecule is Cc1ccc(C(C)C)c(OCC(=O)NCc2csc(-c3ccccc3C)n2)c1. The van der Waals surface area contributed by atoms with Crippen LogP contribution < -0.4 is 10.1 Å². The Bertz CT molecular complexity index is 963. The first-order valence-corrected chi connectivity index (χ1v) is 10.3. The average molecular weight is 395 g/mol. The number of thiazole rings is 1. The van der Waals surface area contributed by atoms with Crippen molar-refractivity contribution < 1.29 is 9.53 Å². The molecule has 3 rings (SSSR count). The van der Waals surface area contributed by atoms with Crippen molar-refractivity contribution in [2.24, 2.45) is 0 Å². The van der Waals surface area contributed by atoms with Gasteiger partial charge < -0.3 is 10.1 Å². The van der Waals surface area contributed by atoms with Crippen LogP contribution in [0, 0.1) is 13.8 Å². The lowest BCUT2D eigenvalue weighted by molar-refractivity contribution is -0.123. The normalized spacial score (nSPS) is 10.9. The van der Waals surface area contributed by atoms with Crippen molar-refractivity contribution >= 4 is 17.2 Å². The Hall–Kier alpha value is -2.66. The highest BCUT2D eigenvalue weighted by molar-refractivity contribution is 7.13. The fourth-order valence-electron chi connectivity index (χ4n) is 2.95. The van der Waals surface area contributed by atoms with E-state index in [1.54, 1.807) is 11.3 Å². The molecule has 2 aromatic carbocycles. The number of hydrogen-bond donors (Lipinski definition) is 1. The van der Waals surface area contributed by atoms with Gasteiger partial charge in [0, 0.05) is 10.9 Å². The third-order valence-corrected chi connectivity index (χ3v) is 5.47. The van der Waals surface area contributed by atoms with Gasteiger partial charge in [0.1, 0.15) is 10.8 Å². The molecule has 4 nitrogen and oxygen atoms in total. The zero-order valence-corrected chi connectivity index (χ0v) is 17.6. The molecule has 146 valence electrons. The number of nitrogens with zero attached hydrogens (tertiary/aromatic N) is 1. The summed E-state index contributed by atoms with van der Waals surface area (Å²) < 4.78 is 5.79. The van der Waals surface area contributed by atoms with Crippen LogP contribution in [0.3, 0.4) is 0 Å². The van der Waals surface area contributed by atoms with Crippen molar-refractivity contribution in [3.63, 3.8) is 0 Å². The summed E-state index contributed by atoms with van der Waals surface area (Å²) in [5, 5.41) is 5.85. The van der Waals surface area contributed by atoms with Crippen LogP contribution in [0.25, 0.3) is 10.6 Å². The number of aryl methyl sites for hydroxylation is 2. The topological polar surface area (TPSA) is 51.2 Å². The van der Waals surface area contributed by atoms with Gasteiger partial charge in [0.2, 0.25) is 0 Å². The molecule has 0 aliphatic rings. The Labute approximate surface area is 170 Å². The number of ether oxygens (including phenoxy) is 1. The molecule has 1 N–H and O–H groups in total. The van der Waals surface area contributed by atoms with E-state index in [0.29, 0.717) is 12.5 Å². The number of aromatic nitrogens is 1. The summed E-state index contributed by atoms with van der Waals surface area (Å²) in [6.07, 6.45) is 0. The predicted molar refractivity (Wildman–Crippen MR) is 115 cm³/mol. The van der Waals surface area contributed by atoms with Crippen LogP contribution in [0.1, 0.15) is 42.1 Å². The number of nitrogens with one attached hydrogen (secondary N) is 1. The molecule has 3 aromatic rings. The minimum Gasteiger partial charge on any atom is -0.483 e. The molecule has 1 amide bonds. The van der Waals surface area contributed by atoms with Gasteiger partial charge in [0.25, 0.3) is 5.91 Å². The van der Waals surface area contributed by atoms with Crippen LogP contribution in [0.2, 0.25) is 0 Å². The first-order valence-electron chi connectivity index (χ1n) is 9.44. The van der Waals surface area contributed by atoms with Gasteiger partial charge in [0.15, 0.2) is 6.61 Å². The monoisotopic (exact) mass is 394 g/mol. The lowest BCUT2D eigenvalue weighted by Crippen LogP contribution is -2.28. The highest BCUT2D eigenvalue weighted by atomic mass is 32.1. The van der Waals surface area contributed by atoms with Crippen LogP contribution in [0.4, 0.5) is 0 Å². The quantitative estimate of drug-likeness (QED) is 0.596. The van der Waals surface area contributed by atoms with Crippen molar-refractivity contribution in [2.45, 2.75) is 40.2 Å². The standard InChI is InChI=1S/C23H26N2O2S/c1-15(2)19-10-9-16(3)11-21(19)27-13-22(26)24-12-18-14-28-23(25-18)20-8-6-5-7-17(20)4/h5-11,14-15H,12-13H2,1-4H3,(H,24,26). The molecule has 5 heteroatoms. The van der Waals surface area contributed by atoms with E-state index in [1.807, 2.05) is 30.5 Å². The number of carbonyl (C=O) groups excluding carboxylic acids is 1. The van der Waals surface area contributed by atoms with E-state index in [9.17, 15) is 4.79 Å². The molecule has 0 radical (unpaired) electrons. The molecule has 0 aliphatic heterocycles. The molecular formula is C23H26N2O2S. The first-order chi connectivity index (χ1) is 13.4. The van der Waals surface area contributed by atoms with Gasteiger partial charge in [-0.25, -0.2) is 4.98 Å². The molecule has 0 fully saturated rings. The fourth-order valence-corrected chi connectivity index (χ4v) is 3.86.